The van der Waals surface area contributed by atoms with E-state index < -0.39 is 0 Å². The minimum Gasteiger partial charge on any atom is -0.392 e. The van der Waals surface area contributed by atoms with Gasteiger partial charge in [-0.1, -0.05) is 11.6 Å². The second kappa shape index (κ2) is 3.46. The van der Waals surface area contributed by atoms with E-state index in [1.165, 1.54) is 0 Å². The smallest absolute Gasteiger partial charge is 0.0883 e. The van der Waals surface area contributed by atoms with Crippen molar-refractivity contribution < 1.29 is 5.11 Å². The molecule has 0 radical (unpaired) electrons. The van der Waals surface area contributed by atoms with E-state index in [0.29, 0.717) is 0 Å². The highest BCUT2D eigenvalue weighted by molar-refractivity contribution is 5.07. The van der Waals surface area contributed by atoms with Crippen LogP contribution in [0.15, 0.2) is 6.20 Å². The van der Waals surface area contributed by atoms with Gasteiger partial charge in [-0.2, -0.15) is 0 Å². The van der Waals surface area contributed by atoms with Crippen molar-refractivity contribution in [2.45, 2.75) is 44.8 Å². The highest BCUT2D eigenvalue weighted by Gasteiger charge is 2.28. The first kappa shape index (κ1) is 8.69. The van der Waals surface area contributed by atoms with Gasteiger partial charge in [-0.05, 0) is 19.8 Å². The second-order valence-corrected chi connectivity index (χ2v) is 3.60. The summed E-state index contributed by atoms with van der Waals surface area (Å²) in [5, 5.41) is 17.7. The zero-order chi connectivity index (χ0) is 9.26. The van der Waals surface area contributed by atoms with Crippen LogP contribution < -0.4 is 0 Å². The molecule has 1 fully saturated rings. The fourth-order valence-corrected chi connectivity index (χ4v) is 1.92. The highest BCUT2D eigenvalue weighted by atomic mass is 16.3. The summed E-state index contributed by atoms with van der Waals surface area (Å²) in [5.41, 5.74) is 0.951. The Hall–Kier alpha value is -0.900. The Morgan fingerprint density at radius 1 is 1.62 bits per heavy atom. The van der Waals surface area contributed by atoms with Crippen LogP contribution in [0.5, 0.6) is 0 Å². The fraction of sp³-hybridized carbons (Fsp3) is 0.778. The van der Waals surface area contributed by atoms with Crippen LogP contribution in [0.2, 0.25) is 0 Å². The zero-order valence-electron chi connectivity index (χ0n) is 7.85. The summed E-state index contributed by atoms with van der Waals surface area (Å²) in [5.74, 6) is 0.222. The van der Waals surface area contributed by atoms with Crippen LogP contribution in [-0.2, 0) is 6.54 Å². The minimum atomic E-state index is -0.206. The van der Waals surface area contributed by atoms with Crippen molar-refractivity contribution >= 4 is 0 Å². The number of hydrogen-bond acceptors (Lipinski definition) is 3. The number of aromatic nitrogens is 3. The molecule has 4 nitrogen and oxygen atoms in total. The summed E-state index contributed by atoms with van der Waals surface area (Å²) >= 11 is 0. The van der Waals surface area contributed by atoms with Gasteiger partial charge in [-0.15, -0.1) is 5.10 Å². The van der Waals surface area contributed by atoms with Crippen molar-refractivity contribution in [2.24, 2.45) is 0 Å². The van der Waals surface area contributed by atoms with Crippen LogP contribution in [0, 0.1) is 0 Å². The van der Waals surface area contributed by atoms with Crippen LogP contribution in [0.25, 0.3) is 0 Å². The largest absolute Gasteiger partial charge is 0.392 e. The third-order valence-electron chi connectivity index (χ3n) is 2.74. The lowest BCUT2D eigenvalue weighted by Crippen LogP contribution is -2.11. The zero-order valence-corrected chi connectivity index (χ0v) is 7.85. The third kappa shape index (κ3) is 1.58. The van der Waals surface area contributed by atoms with E-state index in [4.69, 9.17) is 0 Å². The predicted molar refractivity (Wildman–Crippen MR) is 48.3 cm³/mol. The van der Waals surface area contributed by atoms with E-state index in [-0.39, 0.29) is 12.0 Å². The summed E-state index contributed by atoms with van der Waals surface area (Å²) < 4.78 is 1.81. The Labute approximate surface area is 77.6 Å². The van der Waals surface area contributed by atoms with Crippen LogP contribution >= 0.6 is 0 Å². The van der Waals surface area contributed by atoms with Gasteiger partial charge in [0, 0.05) is 18.7 Å². The lowest BCUT2D eigenvalue weighted by Gasteiger charge is -2.09. The van der Waals surface area contributed by atoms with Crippen molar-refractivity contribution in [2.75, 3.05) is 0 Å². The van der Waals surface area contributed by atoms with Gasteiger partial charge >= 0.3 is 0 Å². The Morgan fingerprint density at radius 3 is 3.00 bits per heavy atom. The van der Waals surface area contributed by atoms with Crippen molar-refractivity contribution in [1.82, 2.24) is 15.0 Å². The Kier molecular flexibility index (Phi) is 2.31. The molecule has 2 rings (SSSR count). The number of aryl methyl sites for hydroxylation is 1. The average molecular weight is 181 g/mol. The molecule has 0 aromatic carbocycles. The van der Waals surface area contributed by atoms with E-state index in [1.54, 1.807) is 4.68 Å². The SMILES string of the molecule is CCn1cc(C2CCCC2O)nn1. The Morgan fingerprint density at radius 2 is 2.46 bits per heavy atom. The van der Waals surface area contributed by atoms with Gasteiger partial charge in [0.25, 0.3) is 0 Å². The molecule has 1 aromatic heterocycles. The van der Waals surface area contributed by atoms with Crippen molar-refractivity contribution in [3.05, 3.63) is 11.9 Å². The van der Waals surface area contributed by atoms with Crippen LogP contribution in [0.4, 0.5) is 0 Å². The second-order valence-electron chi connectivity index (χ2n) is 3.60. The van der Waals surface area contributed by atoms with Gasteiger partial charge in [0.15, 0.2) is 0 Å². The minimum absolute atomic E-state index is 0.206. The molecule has 1 heterocycles. The molecule has 1 aliphatic carbocycles. The summed E-state index contributed by atoms with van der Waals surface area (Å²) in [7, 11) is 0. The van der Waals surface area contributed by atoms with Gasteiger partial charge in [-0.3, -0.25) is 4.68 Å². The molecular weight excluding hydrogens is 166 g/mol. The number of rotatable bonds is 2. The van der Waals surface area contributed by atoms with E-state index in [2.05, 4.69) is 10.3 Å². The highest BCUT2D eigenvalue weighted by Crippen LogP contribution is 2.32. The number of nitrogens with zero attached hydrogens (tertiary/aromatic N) is 3. The molecule has 1 N–H and O–H groups in total. The summed E-state index contributed by atoms with van der Waals surface area (Å²) in [6.45, 7) is 2.87. The Bertz CT molecular complexity index is 284. The molecule has 72 valence electrons. The molecule has 2 atom stereocenters. The molecule has 0 aliphatic heterocycles. The summed E-state index contributed by atoms with van der Waals surface area (Å²) in [6, 6.07) is 0. The average Bonchev–Trinajstić information content (AvgIpc) is 2.71. The summed E-state index contributed by atoms with van der Waals surface area (Å²) in [4.78, 5) is 0. The van der Waals surface area contributed by atoms with Gasteiger partial charge in [0.2, 0.25) is 0 Å². The van der Waals surface area contributed by atoms with E-state index in [0.717, 1.165) is 31.5 Å². The van der Waals surface area contributed by atoms with Crippen LogP contribution in [0.1, 0.15) is 37.8 Å². The van der Waals surface area contributed by atoms with Gasteiger partial charge in [-0.25, -0.2) is 0 Å². The van der Waals surface area contributed by atoms with Gasteiger partial charge < -0.3 is 5.11 Å². The molecule has 1 aromatic rings. The van der Waals surface area contributed by atoms with E-state index in [9.17, 15) is 5.11 Å². The normalized spacial score (nSPS) is 28.2. The molecule has 13 heavy (non-hydrogen) atoms. The van der Waals surface area contributed by atoms with Crippen molar-refractivity contribution in [1.29, 1.82) is 0 Å². The molecule has 0 spiro atoms. The van der Waals surface area contributed by atoms with Crippen LogP contribution in [0.3, 0.4) is 0 Å². The standard InChI is InChI=1S/C9H15N3O/c1-2-12-6-8(10-11-12)7-4-3-5-9(7)13/h6-7,9,13H,2-5H2,1H3. The van der Waals surface area contributed by atoms with Gasteiger partial charge in [0.1, 0.15) is 0 Å². The molecular formula is C9H15N3O. The topological polar surface area (TPSA) is 50.9 Å². The molecule has 1 aliphatic rings. The Balaban J connectivity index is 2.15. The number of hydrogen-bond donors (Lipinski definition) is 1. The molecule has 0 amide bonds. The maximum absolute atomic E-state index is 9.65. The van der Waals surface area contributed by atoms with Gasteiger partial charge in [0.05, 0.1) is 11.8 Å². The molecule has 4 heteroatoms. The lowest BCUT2D eigenvalue weighted by molar-refractivity contribution is 0.162. The molecule has 1 saturated carbocycles. The first-order valence-electron chi connectivity index (χ1n) is 4.89. The van der Waals surface area contributed by atoms with Crippen LogP contribution in [-0.4, -0.2) is 26.2 Å². The monoisotopic (exact) mass is 181 g/mol. The number of aliphatic hydroxyl groups is 1. The van der Waals surface area contributed by atoms with E-state index in [1.807, 2.05) is 13.1 Å². The maximum Gasteiger partial charge on any atom is 0.0883 e. The first-order valence-corrected chi connectivity index (χ1v) is 4.89. The van der Waals surface area contributed by atoms with Crippen molar-refractivity contribution in [3.63, 3.8) is 0 Å². The third-order valence-corrected chi connectivity index (χ3v) is 2.74. The predicted octanol–water partition coefficient (Wildman–Crippen LogP) is 0.926. The quantitative estimate of drug-likeness (QED) is 0.738. The molecule has 0 bridgehead atoms. The first-order chi connectivity index (χ1) is 6.31. The maximum atomic E-state index is 9.65. The molecule has 0 saturated heterocycles. The fourth-order valence-electron chi connectivity index (χ4n) is 1.92. The number of aliphatic hydroxyl groups excluding tert-OH is 1. The molecule has 2 unspecified atom stereocenters. The summed E-state index contributed by atoms with van der Waals surface area (Å²) in [6.07, 6.45) is 4.79. The van der Waals surface area contributed by atoms with Crippen molar-refractivity contribution in [3.8, 4) is 0 Å². The van der Waals surface area contributed by atoms with E-state index >= 15 is 0 Å². The lowest BCUT2D eigenvalue weighted by atomic mass is 10.0.